The lowest BCUT2D eigenvalue weighted by molar-refractivity contribution is 0.391. The van der Waals surface area contributed by atoms with Gasteiger partial charge in [-0.25, -0.2) is 0 Å². The van der Waals surface area contributed by atoms with Crippen LogP contribution in [0.1, 0.15) is 0 Å². The van der Waals surface area contributed by atoms with E-state index in [2.05, 4.69) is 45.8 Å². The molecular formula is C8H24O3Si4. The van der Waals surface area contributed by atoms with Crippen LogP contribution in [0.4, 0.5) is 0 Å². The zero-order valence-corrected chi connectivity index (χ0v) is 15.2. The van der Waals surface area contributed by atoms with Crippen LogP contribution in [0.5, 0.6) is 0 Å². The lowest BCUT2D eigenvalue weighted by Crippen LogP contribution is -2.52. The number of hydrogen-bond donors (Lipinski definition) is 0. The van der Waals surface area contributed by atoms with Gasteiger partial charge in [0.2, 0.25) is 0 Å². The minimum Gasteiger partial charge on any atom is -0.437 e. The maximum atomic E-state index is 10.9. The summed E-state index contributed by atoms with van der Waals surface area (Å²) in [6, 6.07) is 0. The SMILES string of the molecule is C[Si](C)(C)O[Si](C)(C[SiH]=O)O[Si](C)(C)C. The first-order valence-electron chi connectivity index (χ1n) is 5.31. The zero-order chi connectivity index (χ0) is 12.3. The average molecular weight is 281 g/mol. The molecule has 0 rings (SSSR count). The van der Waals surface area contributed by atoms with Gasteiger partial charge < -0.3 is 12.7 Å². The molecule has 90 valence electrons. The molecule has 0 N–H and O–H groups in total. The molecule has 0 aromatic rings. The molecule has 0 saturated carbocycles. The Morgan fingerprint density at radius 2 is 1.20 bits per heavy atom. The second-order valence-electron chi connectivity index (χ2n) is 5.93. The van der Waals surface area contributed by atoms with Crippen LogP contribution >= 0.6 is 0 Å². The van der Waals surface area contributed by atoms with E-state index in [-0.39, 0.29) is 0 Å². The molecule has 0 aliphatic heterocycles. The Morgan fingerprint density at radius 3 is 1.40 bits per heavy atom. The summed E-state index contributed by atoms with van der Waals surface area (Å²) in [4.78, 5) is 0. The standard InChI is InChI=1S/C8H24O3Si4/c1-13(2,3)10-15(7,8-12-9)11-14(4,5)6/h12H,8H2,1-7H3. The molecule has 0 heterocycles. The molecule has 0 atom stereocenters. The first-order valence-corrected chi connectivity index (χ1v) is 15.9. The minimum atomic E-state index is -2.17. The maximum absolute atomic E-state index is 10.9. The molecular weight excluding hydrogens is 256 g/mol. The Labute approximate surface area is 99.0 Å². The van der Waals surface area contributed by atoms with Gasteiger partial charge in [0.05, 0.1) is 0 Å². The van der Waals surface area contributed by atoms with Crippen LogP contribution in [0.25, 0.3) is 0 Å². The third-order valence-electron chi connectivity index (χ3n) is 1.50. The highest BCUT2D eigenvalue weighted by Gasteiger charge is 2.39. The van der Waals surface area contributed by atoms with Gasteiger partial charge in [0.15, 0.2) is 16.6 Å². The van der Waals surface area contributed by atoms with Crippen molar-refractivity contribution >= 4 is 34.6 Å². The first-order chi connectivity index (χ1) is 6.47. The van der Waals surface area contributed by atoms with Crippen molar-refractivity contribution in [2.45, 2.75) is 51.5 Å². The van der Waals surface area contributed by atoms with E-state index in [1.165, 1.54) is 0 Å². The van der Waals surface area contributed by atoms with Crippen molar-refractivity contribution in [3.8, 4) is 0 Å². The van der Waals surface area contributed by atoms with E-state index in [9.17, 15) is 4.46 Å². The van der Waals surface area contributed by atoms with Crippen molar-refractivity contribution in [1.29, 1.82) is 0 Å². The van der Waals surface area contributed by atoms with Crippen molar-refractivity contribution in [3.63, 3.8) is 0 Å². The number of rotatable bonds is 6. The fourth-order valence-corrected chi connectivity index (χ4v) is 15.8. The van der Waals surface area contributed by atoms with Crippen LogP contribution in [0.2, 0.25) is 51.5 Å². The highest BCUT2D eigenvalue weighted by molar-refractivity contribution is 6.89. The van der Waals surface area contributed by atoms with Gasteiger partial charge >= 0.3 is 8.56 Å². The van der Waals surface area contributed by atoms with Crippen LogP contribution in [-0.2, 0) is 12.7 Å². The van der Waals surface area contributed by atoms with E-state index in [0.717, 1.165) is 0 Å². The van der Waals surface area contributed by atoms with E-state index >= 15 is 0 Å². The molecule has 0 aliphatic carbocycles. The average Bonchev–Trinajstić information content (AvgIpc) is 1.74. The summed E-state index contributed by atoms with van der Waals surface area (Å²) in [5.41, 5.74) is 0.654. The molecule has 0 fully saturated rings. The third-order valence-corrected chi connectivity index (χ3v) is 13.5. The summed E-state index contributed by atoms with van der Waals surface area (Å²) >= 11 is 0. The highest BCUT2D eigenvalue weighted by Crippen LogP contribution is 2.22. The van der Waals surface area contributed by atoms with E-state index in [1.807, 2.05) is 0 Å². The molecule has 0 bridgehead atoms. The predicted octanol–water partition coefficient (Wildman–Crippen LogP) is 2.50. The molecule has 7 heteroatoms. The van der Waals surface area contributed by atoms with Gasteiger partial charge in [-0.05, 0) is 45.8 Å². The molecule has 0 aromatic carbocycles. The van der Waals surface area contributed by atoms with Crippen LogP contribution in [0.3, 0.4) is 0 Å². The van der Waals surface area contributed by atoms with Gasteiger partial charge in [0, 0.05) is 5.67 Å². The van der Waals surface area contributed by atoms with E-state index in [4.69, 9.17) is 8.23 Å². The van der Waals surface area contributed by atoms with Crippen molar-refractivity contribution < 1.29 is 12.7 Å². The minimum absolute atomic E-state index is 0.654. The molecule has 0 aliphatic rings. The van der Waals surface area contributed by atoms with Crippen LogP contribution in [0, 0.1) is 0 Å². The Balaban J connectivity index is 4.66. The van der Waals surface area contributed by atoms with Crippen molar-refractivity contribution in [2.75, 3.05) is 0 Å². The summed E-state index contributed by atoms with van der Waals surface area (Å²) < 4.78 is 23.2. The quantitative estimate of drug-likeness (QED) is 0.701. The smallest absolute Gasteiger partial charge is 0.317 e. The Kier molecular flexibility index (Phi) is 5.49. The van der Waals surface area contributed by atoms with Crippen molar-refractivity contribution in [2.24, 2.45) is 0 Å². The summed E-state index contributed by atoms with van der Waals surface area (Å²) in [6.45, 7) is 15.0. The lowest BCUT2D eigenvalue weighted by Gasteiger charge is -2.37. The summed E-state index contributed by atoms with van der Waals surface area (Å²) in [6.07, 6.45) is 0. The number of hydrogen-bond acceptors (Lipinski definition) is 3. The van der Waals surface area contributed by atoms with Crippen molar-refractivity contribution in [1.82, 2.24) is 0 Å². The normalized spacial score (nSPS) is 14.1. The molecule has 0 radical (unpaired) electrons. The van der Waals surface area contributed by atoms with E-state index in [1.54, 1.807) is 0 Å². The molecule has 0 aromatic heterocycles. The van der Waals surface area contributed by atoms with Crippen LogP contribution < -0.4 is 0 Å². The molecule has 0 amide bonds. The maximum Gasteiger partial charge on any atom is 0.317 e. The van der Waals surface area contributed by atoms with Gasteiger partial charge in [-0.3, -0.25) is 0 Å². The second-order valence-corrected chi connectivity index (χ2v) is 20.2. The zero-order valence-electron chi connectivity index (χ0n) is 11.0. The highest BCUT2D eigenvalue weighted by atomic mass is 28.5. The lowest BCUT2D eigenvalue weighted by atomic mass is 11.8. The van der Waals surface area contributed by atoms with E-state index in [0.29, 0.717) is 5.67 Å². The third kappa shape index (κ3) is 8.40. The summed E-state index contributed by atoms with van der Waals surface area (Å²) in [7, 11) is -6.13. The predicted molar refractivity (Wildman–Crippen MR) is 73.1 cm³/mol. The van der Waals surface area contributed by atoms with Gasteiger partial charge in [-0.1, -0.05) is 0 Å². The monoisotopic (exact) mass is 280 g/mol. The molecule has 0 saturated heterocycles. The topological polar surface area (TPSA) is 35.5 Å². The Bertz CT molecular complexity index is 203. The summed E-state index contributed by atoms with van der Waals surface area (Å²) in [5, 5.41) is 0. The van der Waals surface area contributed by atoms with Crippen LogP contribution in [0.15, 0.2) is 0 Å². The largest absolute Gasteiger partial charge is 0.437 e. The Hall–Kier alpha value is 0.588. The second kappa shape index (κ2) is 5.28. The van der Waals surface area contributed by atoms with E-state index < -0.39 is 34.6 Å². The molecule has 15 heavy (non-hydrogen) atoms. The van der Waals surface area contributed by atoms with Gasteiger partial charge in [-0.2, -0.15) is 0 Å². The fraction of sp³-hybridized carbons (Fsp3) is 1.00. The van der Waals surface area contributed by atoms with Gasteiger partial charge in [0.1, 0.15) is 0 Å². The Morgan fingerprint density at radius 1 is 0.867 bits per heavy atom. The van der Waals surface area contributed by atoms with Crippen LogP contribution in [-0.4, -0.2) is 34.6 Å². The molecule has 3 nitrogen and oxygen atoms in total. The first kappa shape index (κ1) is 15.6. The fourth-order valence-electron chi connectivity index (χ4n) is 1.55. The molecule has 0 unspecified atom stereocenters. The van der Waals surface area contributed by atoms with Crippen molar-refractivity contribution in [3.05, 3.63) is 0 Å². The van der Waals surface area contributed by atoms with Gasteiger partial charge in [-0.15, -0.1) is 0 Å². The van der Waals surface area contributed by atoms with Gasteiger partial charge in [0.25, 0.3) is 9.41 Å². The molecule has 0 spiro atoms. The summed E-state index contributed by atoms with van der Waals surface area (Å²) in [5.74, 6) is 0.